The first-order chi connectivity index (χ1) is 9.40. The zero-order valence-corrected chi connectivity index (χ0v) is 12.8. The number of rotatable bonds is 5. The third kappa shape index (κ3) is 3.70. The average molecular weight is 299 g/mol. The van der Waals surface area contributed by atoms with E-state index in [2.05, 4.69) is 0 Å². The highest BCUT2D eigenvalue weighted by Gasteiger charge is 2.28. The summed E-state index contributed by atoms with van der Waals surface area (Å²) in [6.45, 7) is 2.97. The smallest absolute Gasteiger partial charge is 0.211 e. The second-order valence-corrected chi connectivity index (χ2v) is 7.36. The molecule has 0 N–H and O–H groups in total. The maximum Gasteiger partial charge on any atom is 0.211 e. The van der Waals surface area contributed by atoms with Gasteiger partial charge in [-0.15, -0.1) is 0 Å². The molecule has 1 saturated heterocycles. The van der Waals surface area contributed by atoms with Crippen molar-refractivity contribution in [1.29, 1.82) is 0 Å². The Morgan fingerprint density at radius 3 is 2.80 bits per heavy atom. The van der Waals surface area contributed by atoms with Crippen LogP contribution in [0.15, 0.2) is 16.5 Å². The zero-order valence-electron chi connectivity index (χ0n) is 12.0. The molecular formula is C14H21NO4S. The number of nitrogens with zero attached hydrogens (tertiary/aromatic N) is 1. The van der Waals surface area contributed by atoms with Gasteiger partial charge in [-0.3, -0.25) is 4.79 Å². The summed E-state index contributed by atoms with van der Waals surface area (Å²) in [5, 5.41) is 0. The Bertz CT molecular complexity index is 576. The molecular weight excluding hydrogens is 278 g/mol. The van der Waals surface area contributed by atoms with Crippen molar-refractivity contribution in [1.82, 2.24) is 4.31 Å². The van der Waals surface area contributed by atoms with Gasteiger partial charge in [-0.1, -0.05) is 6.92 Å². The van der Waals surface area contributed by atoms with Gasteiger partial charge in [0.2, 0.25) is 10.0 Å². The van der Waals surface area contributed by atoms with E-state index in [1.807, 2.05) is 13.0 Å². The van der Waals surface area contributed by atoms with E-state index in [1.54, 1.807) is 6.07 Å². The number of piperidine rings is 1. The van der Waals surface area contributed by atoms with Crippen molar-refractivity contribution in [2.75, 3.05) is 19.3 Å². The summed E-state index contributed by atoms with van der Waals surface area (Å²) in [6.07, 6.45) is 4.03. The highest BCUT2D eigenvalue weighted by atomic mass is 32.2. The molecule has 0 aromatic carbocycles. The van der Waals surface area contributed by atoms with Gasteiger partial charge in [0.15, 0.2) is 11.5 Å². The minimum absolute atomic E-state index is 0.0370. The highest BCUT2D eigenvalue weighted by Crippen LogP contribution is 2.23. The number of hydrogen-bond donors (Lipinski definition) is 0. The zero-order chi connectivity index (χ0) is 14.8. The van der Waals surface area contributed by atoms with Crippen LogP contribution in [0.25, 0.3) is 0 Å². The van der Waals surface area contributed by atoms with E-state index in [4.69, 9.17) is 4.42 Å². The molecule has 0 radical (unpaired) electrons. The number of sulfonamides is 1. The monoisotopic (exact) mass is 299 g/mol. The van der Waals surface area contributed by atoms with Crippen LogP contribution in [0, 0.1) is 5.92 Å². The van der Waals surface area contributed by atoms with Crippen molar-refractivity contribution in [3.63, 3.8) is 0 Å². The first kappa shape index (κ1) is 15.3. The molecule has 6 heteroatoms. The summed E-state index contributed by atoms with van der Waals surface area (Å²) in [7, 11) is -3.16. The van der Waals surface area contributed by atoms with Gasteiger partial charge in [-0.2, -0.15) is 0 Å². The third-order valence-corrected chi connectivity index (χ3v) is 4.98. The van der Waals surface area contributed by atoms with E-state index in [-0.39, 0.29) is 11.7 Å². The second-order valence-electron chi connectivity index (χ2n) is 5.38. The van der Waals surface area contributed by atoms with Crippen LogP contribution in [0.3, 0.4) is 0 Å². The van der Waals surface area contributed by atoms with Crippen molar-refractivity contribution < 1.29 is 17.6 Å². The molecule has 2 rings (SSSR count). The Morgan fingerprint density at radius 1 is 1.45 bits per heavy atom. The second kappa shape index (κ2) is 6.10. The van der Waals surface area contributed by atoms with Crippen LogP contribution < -0.4 is 0 Å². The van der Waals surface area contributed by atoms with E-state index in [1.165, 1.54) is 10.6 Å². The quantitative estimate of drug-likeness (QED) is 0.781. The molecule has 1 unspecified atom stereocenters. The van der Waals surface area contributed by atoms with Crippen LogP contribution in [-0.2, 0) is 16.4 Å². The van der Waals surface area contributed by atoms with Crippen LogP contribution in [-0.4, -0.2) is 37.9 Å². The van der Waals surface area contributed by atoms with E-state index >= 15 is 0 Å². The molecule has 1 aliphatic rings. The largest absolute Gasteiger partial charge is 0.458 e. The van der Waals surface area contributed by atoms with Crippen molar-refractivity contribution in [3.05, 3.63) is 23.7 Å². The molecule has 0 saturated carbocycles. The molecule has 0 bridgehead atoms. The number of hydrogen-bond acceptors (Lipinski definition) is 4. The topological polar surface area (TPSA) is 67.6 Å². The average Bonchev–Trinajstić information content (AvgIpc) is 2.87. The highest BCUT2D eigenvalue weighted by molar-refractivity contribution is 7.88. The molecule has 1 aromatic heterocycles. The molecule has 1 aliphatic heterocycles. The molecule has 2 heterocycles. The van der Waals surface area contributed by atoms with E-state index in [9.17, 15) is 13.2 Å². The summed E-state index contributed by atoms with van der Waals surface area (Å²) in [4.78, 5) is 12.1. The van der Waals surface area contributed by atoms with Crippen molar-refractivity contribution in [2.24, 2.45) is 5.92 Å². The predicted octanol–water partition coefficient (Wildman–Crippen LogP) is 2.09. The van der Waals surface area contributed by atoms with Crippen LogP contribution in [0.5, 0.6) is 0 Å². The Morgan fingerprint density at radius 2 is 2.20 bits per heavy atom. The number of furan rings is 1. The SMILES string of the molecule is CCc1ccc(C(=O)CC2CCCN(S(C)(=O)=O)C2)o1. The maximum absolute atomic E-state index is 12.1. The van der Waals surface area contributed by atoms with Crippen LogP contribution in [0.1, 0.15) is 42.5 Å². The normalized spacial score (nSPS) is 21.0. The first-order valence-electron chi connectivity index (χ1n) is 6.97. The lowest BCUT2D eigenvalue weighted by Gasteiger charge is -2.30. The van der Waals surface area contributed by atoms with E-state index < -0.39 is 10.0 Å². The summed E-state index contributed by atoms with van der Waals surface area (Å²) >= 11 is 0. The molecule has 5 nitrogen and oxygen atoms in total. The predicted molar refractivity (Wildman–Crippen MR) is 76.2 cm³/mol. The fourth-order valence-corrected chi connectivity index (χ4v) is 3.52. The summed E-state index contributed by atoms with van der Waals surface area (Å²) in [6, 6.07) is 3.52. The van der Waals surface area contributed by atoms with Crippen LogP contribution in [0.4, 0.5) is 0 Å². The number of carbonyl (C=O) groups is 1. The van der Waals surface area contributed by atoms with Gasteiger partial charge in [-0.05, 0) is 30.9 Å². The summed E-state index contributed by atoms with van der Waals surface area (Å²) in [5.74, 6) is 1.24. The molecule has 0 aliphatic carbocycles. The molecule has 0 spiro atoms. The Balaban J connectivity index is 1.97. The Hall–Kier alpha value is -1.14. The van der Waals surface area contributed by atoms with Gasteiger partial charge >= 0.3 is 0 Å². The van der Waals surface area contributed by atoms with Crippen molar-refractivity contribution in [3.8, 4) is 0 Å². The lowest BCUT2D eigenvalue weighted by Crippen LogP contribution is -2.39. The lowest BCUT2D eigenvalue weighted by molar-refractivity contribution is 0.0913. The van der Waals surface area contributed by atoms with Gasteiger partial charge in [0.1, 0.15) is 5.76 Å². The van der Waals surface area contributed by atoms with Crippen molar-refractivity contribution >= 4 is 15.8 Å². The molecule has 1 fully saturated rings. The molecule has 1 aromatic rings. The van der Waals surface area contributed by atoms with E-state index in [0.29, 0.717) is 25.3 Å². The van der Waals surface area contributed by atoms with Gasteiger partial charge in [0, 0.05) is 25.9 Å². The van der Waals surface area contributed by atoms with Gasteiger partial charge in [0.25, 0.3) is 0 Å². The van der Waals surface area contributed by atoms with Gasteiger partial charge < -0.3 is 4.42 Å². The Labute approximate surface area is 120 Å². The first-order valence-corrected chi connectivity index (χ1v) is 8.82. The standard InChI is InChI=1S/C14H21NO4S/c1-3-12-6-7-14(19-12)13(16)9-11-5-4-8-15(10-11)20(2,17)18/h6-7,11H,3-5,8-10H2,1-2H3. The fourth-order valence-electron chi connectivity index (χ4n) is 2.58. The minimum Gasteiger partial charge on any atom is -0.458 e. The van der Waals surface area contributed by atoms with Gasteiger partial charge in [0.05, 0.1) is 6.26 Å². The summed E-state index contributed by atoms with van der Waals surface area (Å²) in [5.41, 5.74) is 0. The number of Topliss-reactive ketones (excluding diaryl/α,β-unsaturated/α-hetero) is 1. The van der Waals surface area contributed by atoms with E-state index in [0.717, 1.165) is 25.0 Å². The van der Waals surface area contributed by atoms with Crippen LogP contribution >= 0.6 is 0 Å². The summed E-state index contributed by atoms with van der Waals surface area (Å²) < 4.78 is 30.0. The number of carbonyl (C=O) groups excluding carboxylic acids is 1. The van der Waals surface area contributed by atoms with Gasteiger partial charge in [-0.25, -0.2) is 12.7 Å². The maximum atomic E-state index is 12.1. The molecule has 0 amide bonds. The number of ketones is 1. The Kier molecular flexibility index (Phi) is 4.65. The lowest BCUT2D eigenvalue weighted by atomic mass is 9.93. The van der Waals surface area contributed by atoms with Crippen molar-refractivity contribution in [2.45, 2.75) is 32.6 Å². The molecule has 112 valence electrons. The molecule has 1 atom stereocenters. The number of aryl methyl sites for hydroxylation is 1. The minimum atomic E-state index is -3.16. The third-order valence-electron chi connectivity index (χ3n) is 3.71. The molecule has 20 heavy (non-hydrogen) atoms. The van der Waals surface area contributed by atoms with Crippen LogP contribution in [0.2, 0.25) is 0 Å². The fraction of sp³-hybridized carbons (Fsp3) is 0.643.